The van der Waals surface area contributed by atoms with Gasteiger partial charge < -0.3 is 4.74 Å². The van der Waals surface area contributed by atoms with Gasteiger partial charge in [0, 0.05) is 14.0 Å². The zero-order chi connectivity index (χ0) is 15.2. The third kappa shape index (κ3) is 4.18. The van der Waals surface area contributed by atoms with Gasteiger partial charge in [0.2, 0.25) is 0 Å². The summed E-state index contributed by atoms with van der Waals surface area (Å²) in [5.74, 6) is 0.215. The van der Waals surface area contributed by atoms with Crippen LogP contribution in [0.1, 0.15) is 19.4 Å². The molecule has 0 saturated heterocycles. The summed E-state index contributed by atoms with van der Waals surface area (Å²) >= 11 is 0. The molecule has 0 heterocycles. The highest BCUT2D eigenvalue weighted by Crippen LogP contribution is 2.15. The summed E-state index contributed by atoms with van der Waals surface area (Å²) in [6.45, 7) is 3.33. The highest BCUT2D eigenvalue weighted by atomic mass is 16.5. The van der Waals surface area contributed by atoms with Gasteiger partial charge in [0.25, 0.3) is 0 Å². The first-order valence-electron chi connectivity index (χ1n) is 6.69. The fourth-order valence-electron chi connectivity index (χ4n) is 1.91. The van der Waals surface area contributed by atoms with Gasteiger partial charge in [-0.1, -0.05) is 18.2 Å². The normalized spacial score (nSPS) is 11.1. The molecule has 21 heavy (non-hydrogen) atoms. The second-order valence-corrected chi connectivity index (χ2v) is 4.66. The number of rotatable bonds is 4. The Labute approximate surface area is 124 Å². The number of carbonyl (C=O) groups is 1. The molecule has 0 N–H and O–H groups in total. The molecular weight excluding hydrogens is 264 g/mol. The van der Waals surface area contributed by atoms with Gasteiger partial charge in [-0.05, 0) is 48.9 Å². The molecule has 0 aliphatic rings. The fraction of sp³-hybridized carbons (Fsp3) is 0.176. The number of ether oxygens (including phenoxy) is 1. The Hall–Kier alpha value is -2.62. The molecule has 0 atom stereocenters. The second-order valence-electron chi connectivity index (χ2n) is 4.66. The monoisotopic (exact) mass is 282 g/mol. The van der Waals surface area contributed by atoms with Crippen molar-refractivity contribution in [3.63, 3.8) is 0 Å². The van der Waals surface area contributed by atoms with Crippen LogP contribution in [0.15, 0.2) is 59.7 Å². The number of anilines is 1. The topological polar surface area (TPSA) is 41.9 Å². The zero-order valence-electron chi connectivity index (χ0n) is 12.4. The molecule has 0 amide bonds. The zero-order valence-corrected chi connectivity index (χ0v) is 12.4. The molecule has 2 rings (SSSR count). The van der Waals surface area contributed by atoms with E-state index < -0.39 is 0 Å². The fourth-order valence-corrected chi connectivity index (χ4v) is 1.91. The van der Waals surface area contributed by atoms with Crippen LogP contribution in [0.25, 0.3) is 0 Å². The van der Waals surface area contributed by atoms with E-state index in [0.29, 0.717) is 5.75 Å². The van der Waals surface area contributed by atoms with Crippen LogP contribution < -0.4 is 9.75 Å². The Bertz CT molecular complexity index is 634. The number of nitrogens with zero attached hydrogens (tertiary/aromatic N) is 2. The third-order valence-corrected chi connectivity index (χ3v) is 2.96. The van der Waals surface area contributed by atoms with Crippen LogP contribution in [0, 0.1) is 0 Å². The minimum absolute atomic E-state index is 0.322. The van der Waals surface area contributed by atoms with E-state index in [2.05, 4.69) is 5.10 Å². The van der Waals surface area contributed by atoms with Crippen molar-refractivity contribution in [2.45, 2.75) is 13.8 Å². The van der Waals surface area contributed by atoms with E-state index in [4.69, 9.17) is 4.74 Å². The average Bonchev–Trinajstić information content (AvgIpc) is 2.48. The van der Waals surface area contributed by atoms with Gasteiger partial charge >= 0.3 is 5.97 Å². The number of carbonyl (C=O) groups excluding carboxylic acids is 1. The molecule has 0 aliphatic carbocycles. The standard InChI is InChI=1S/C17H18N2O2/c1-13(18-19(3)16-7-5-4-6-8-16)15-9-11-17(12-10-15)21-14(2)20/h4-12H,1-3H3. The smallest absolute Gasteiger partial charge is 0.308 e. The highest BCUT2D eigenvalue weighted by molar-refractivity contribution is 5.99. The molecule has 0 bridgehead atoms. The van der Waals surface area contributed by atoms with Gasteiger partial charge in [-0.3, -0.25) is 9.80 Å². The summed E-state index contributed by atoms with van der Waals surface area (Å²) in [5.41, 5.74) is 2.89. The van der Waals surface area contributed by atoms with Crippen molar-refractivity contribution in [1.82, 2.24) is 0 Å². The molecule has 2 aromatic carbocycles. The maximum Gasteiger partial charge on any atom is 0.308 e. The number of hydrazone groups is 1. The first-order chi connectivity index (χ1) is 10.1. The summed E-state index contributed by atoms with van der Waals surface area (Å²) in [6, 6.07) is 17.2. The van der Waals surface area contributed by atoms with Crippen LogP contribution in [0.3, 0.4) is 0 Å². The van der Waals surface area contributed by atoms with Gasteiger partial charge in [0.15, 0.2) is 0 Å². The van der Waals surface area contributed by atoms with Crippen molar-refractivity contribution in [3.8, 4) is 5.75 Å². The largest absolute Gasteiger partial charge is 0.427 e. The first kappa shape index (κ1) is 14.8. The Morgan fingerprint density at radius 1 is 1.00 bits per heavy atom. The highest BCUT2D eigenvalue weighted by Gasteiger charge is 2.03. The number of hydrogen-bond donors (Lipinski definition) is 0. The van der Waals surface area contributed by atoms with E-state index in [1.54, 1.807) is 12.1 Å². The predicted octanol–water partition coefficient (Wildman–Crippen LogP) is 3.47. The lowest BCUT2D eigenvalue weighted by atomic mass is 10.1. The van der Waals surface area contributed by atoms with Gasteiger partial charge in [-0.2, -0.15) is 5.10 Å². The van der Waals surface area contributed by atoms with E-state index >= 15 is 0 Å². The van der Waals surface area contributed by atoms with Crippen molar-refractivity contribution >= 4 is 17.4 Å². The summed E-state index contributed by atoms with van der Waals surface area (Å²) in [5, 5.41) is 6.38. The summed E-state index contributed by atoms with van der Waals surface area (Å²) in [7, 11) is 1.91. The molecule has 0 fully saturated rings. The number of para-hydroxylation sites is 1. The number of hydrogen-bond acceptors (Lipinski definition) is 4. The molecule has 108 valence electrons. The molecule has 0 unspecified atom stereocenters. The Balaban J connectivity index is 2.13. The minimum atomic E-state index is -0.322. The van der Waals surface area contributed by atoms with Crippen LogP contribution in [-0.2, 0) is 4.79 Å². The predicted molar refractivity (Wildman–Crippen MR) is 84.8 cm³/mol. The lowest BCUT2D eigenvalue weighted by Gasteiger charge is -2.14. The molecule has 2 aromatic rings. The Morgan fingerprint density at radius 3 is 2.19 bits per heavy atom. The number of benzene rings is 2. The van der Waals surface area contributed by atoms with E-state index in [0.717, 1.165) is 17.0 Å². The van der Waals surface area contributed by atoms with E-state index in [9.17, 15) is 4.79 Å². The van der Waals surface area contributed by atoms with Crippen molar-refractivity contribution in [1.29, 1.82) is 0 Å². The molecular formula is C17H18N2O2. The lowest BCUT2D eigenvalue weighted by Crippen LogP contribution is -2.12. The minimum Gasteiger partial charge on any atom is -0.427 e. The molecule has 0 spiro atoms. The molecule has 0 radical (unpaired) electrons. The lowest BCUT2D eigenvalue weighted by molar-refractivity contribution is -0.131. The van der Waals surface area contributed by atoms with Crippen molar-refractivity contribution in [2.24, 2.45) is 5.10 Å². The van der Waals surface area contributed by atoms with Gasteiger partial charge in [-0.15, -0.1) is 0 Å². The summed E-state index contributed by atoms with van der Waals surface area (Å²) in [6.07, 6.45) is 0. The van der Waals surface area contributed by atoms with Crippen LogP contribution >= 0.6 is 0 Å². The van der Waals surface area contributed by atoms with Gasteiger partial charge in [0.1, 0.15) is 5.75 Å². The van der Waals surface area contributed by atoms with E-state index in [1.807, 2.05) is 61.4 Å². The SMILES string of the molecule is CC(=O)Oc1ccc(C(C)=NN(C)c2ccccc2)cc1. The molecule has 0 aromatic heterocycles. The first-order valence-corrected chi connectivity index (χ1v) is 6.69. The van der Waals surface area contributed by atoms with Crippen LogP contribution in [0.5, 0.6) is 5.75 Å². The quantitative estimate of drug-likeness (QED) is 0.373. The Morgan fingerprint density at radius 2 is 1.62 bits per heavy atom. The van der Waals surface area contributed by atoms with Crippen LogP contribution in [0.4, 0.5) is 5.69 Å². The molecule has 0 aliphatic heterocycles. The van der Waals surface area contributed by atoms with Crippen molar-refractivity contribution in [2.75, 3.05) is 12.1 Å². The summed E-state index contributed by atoms with van der Waals surface area (Å²) in [4.78, 5) is 10.9. The van der Waals surface area contributed by atoms with Crippen molar-refractivity contribution < 1.29 is 9.53 Å². The van der Waals surface area contributed by atoms with E-state index in [1.165, 1.54) is 6.92 Å². The van der Waals surface area contributed by atoms with Crippen molar-refractivity contribution in [3.05, 3.63) is 60.2 Å². The summed E-state index contributed by atoms with van der Waals surface area (Å²) < 4.78 is 5.01. The molecule has 4 nitrogen and oxygen atoms in total. The maximum atomic E-state index is 10.9. The number of esters is 1. The third-order valence-electron chi connectivity index (χ3n) is 2.96. The maximum absolute atomic E-state index is 10.9. The second kappa shape index (κ2) is 6.70. The van der Waals surface area contributed by atoms with Crippen LogP contribution in [-0.4, -0.2) is 18.7 Å². The van der Waals surface area contributed by atoms with Gasteiger partial charge in [0.05, 0.1) is 11.4 Å². The Kier molecular flexibility index (Phi) is 4.72. The molecule has 0 saturated carbocycles. The van der Waals surface area contributed by atoms with E-state index in [-0.39, 0.29) is 5.97 Å². The average molecular weight is 282 g/mol. The van der Waals surface area contributed by atoms with Gasteiger partial charge in [-0.25, -0.2) is 0 Å². The van der Waals surface area contributed by atoms with Crippen LogP contribution in [0.2, 0.25) is 0 Å². The molecule has 4 heteroatoms.